The maximum atomic E-state index is 5.35. The number of hydrogen-bond acceptors (Lipinski definition) is 3. The van der Waals surface area contributed by atoms with Crippen LogP contribution in [0.5, 0.6) is 0 Å². The van der Waals surface area contributed by atoms with Crippen LogP contribution in [0.2, 0.25) is 0 Å². The first-order valence-corrected chi connectivity index (χ1v) is 23.1. The van der Waals surface area contributed by atoms with Crippen molar-refractivity contribution >= 4 is 75.9 Å². The molecule has 0 aliphatic carbocycles. The molecule has 3 aromatic heterocycles. The van der Waals surface area contributed by atoms with Crippen molar-refractivity contribution in [2.75, 3.05) is 0 Å². The van der Waals surface area contributed by atoms with Crippen LogP contribution in [0.15, 0.2) is 237 Å². The SMILES string of the molecule is c1ccc(-c2ccc(-c3nc(-c4ccc(-c5ccccc5)cc4)nc(-n4c5ccccc5c5cc6c(cc54)c4ccccc4n6-c4ccc5c6ccccc6c6ccccc6c5c4)n3)cc2)cc1. The van der Waals surface area contributed by atoms with Gasteiger partial charge in [0, 0.05) is 38.4 Å². The van der Waals surface area contributed by atoms with E-state index in [4.69, 9.17) is 15.0 Å². The highest BCUT2D eigenvalue weighted by atomic mass is 15.2. The van der Waals surface area contributed by atoms with Crippen molar-refractivity contribution in [3.63, 3.8) is 0 Å². The van der Waals surface area contributed by atoms with Gasteiger partial charge in [-0.1, -0.05) is 200 Å². The zero-order chi connectivity index (χ0) is 44.7. The van der Waals surface area contributed by atoms with Gasteiger partial charge < -0.3 is 4.57 Å². The fourth-order valence-electron chi connectivity index (χ4n) is 10.6. The monoisotopic (exact) mass is 865 g/mol. The van der Waals surface area contributed by atoms with Crippen LogP contribution in [0.25, 0.3) is 133 Å². The zero-order valence-electron chi connectivity index (χ0n) is 36.8. The fourth-order valence-corrected chi connectivity index (χ4v) is 10.6. The molecule has 5 heteroatoms. The predicted molar refractivity (Wildman–Crippen MR) is 283 cm³/mol. The van der Waals surface area contributed by atoms with E-state index in [2.05, 4.69) is 234 Å². The predicted octanol–water partition coefficient (Wildman–Crippen LogP) is 16.2. The molecule has 5 nitrogen and oxygen atoms in total. The van der Waals surface area contributed by atoms with Crippen LogP contribution in [0, 0.1) is 0 Å². The van der Waals surface area contributed by atoms with E-state index in [9.17, 15) is 0 Å². The van der Waals surface area contributed by atoms with Crippen molar-refractivity contribution in [3.05, 3.63) is 237 Å². The molecular formula is C63H39N5. The summed E-state index contributed by atoms with van der Waals surface area (Å²) >= 11 is 0. The highest BCUT2D eigenvalue weighted by molar-refractivity contribution is 6.26. The van der Waals surface area contributed by atoms with Gasteiger partial charge >= 0.3 is 0 Å². The molecule has 0 amide bonds. The average Bonchev–Trinajstić information content (AvgIpc) is 3.92. The van der Waals surface area contributed by atoms with Crippen LogP contribution < -0.4 is 0 Å². The topological polar surface area (TPSA) is 48.5 Å². The first kappa shape index (κ1) is 38.1. The van der Waals surface area contributed by atoms with E-state index in [0.29, 0.717) is 17.6 Å². The maximum Gasteiger partial charge on any atom is 0.238 e. The molecule has 0 aliphatic rings. The highest BCUT2D eigenvalue weighted by Crippen LogP contribution is 2.42. The summed E-state index contributed by atoms with van der Waals surface area (Å²) in [4.78, 5) is 15.9. The minimum atomic E-state index is 0.562. The Morgan fingerprint density at radius 1 is 0.221 bits per heavy atom. The Balaban J connectivity index is 0.995. The largest absolute Gasteiger partial charge is 0.309 e. The number of rotatable bonds is 6. The lowest BCUT2D eigenvalue weighted by molar-refractivity contribution is 0.954. The summed E-state index contributed by atoms with van der Waals surface area (Å²) in [6.07, 6.45) is 0. The number of hydrogen-bond donors (Lipinski definition) is 0. The van der Waals surface area contributed by atoms with Crippen molar-refractivity contribution in [2.45, 2.75) is 0 Å². The third kappa shape index (κ3) is 5.99. The first-order chi connectivity index (χ1) is 33.7. The lowest BCUT2D eigenvalue weighted by atomic mass is 9.94. The van der Waals surface area contributed by atoms with Gasteiger partial charge in [0.05, 0.1) is 22.1 Å². The molecule has 14 aromatic rings. The van der Waals surface area contributed by atoms with Crippen molar-refractivity contribution < 1.29 is 0 Å². The molecule has 0 bridgehead atoms. The Bertz CT molecular complexity index is 4150. The van der Waals surface area contributed by atoms with E-state index in [1.165, 1.54) is 37.7 Å². The van der Waals surface area contributed by atoms with E-state index in [0.717, 1.165) is 77.3 Å². The molecule has 0 unspecified atom stereocenters. The number of benzene rings is 11. The van der Waals surface area contributed by atoms with Crippen LogP contribution in [0.4, 0.5) is 0 Å². The standard InChI is InChI=1S/C63H39N5/c1-3-15-40(16-4-1)42-27-31-44(32-28-42)61-64-62(45-33-29-43(30-34-45)41-17-5-2-6-18-41)66-63(65-61)68-58-26-14-12-24-53(58)56-38-59-55(39-60(56)68)52-23-11-13-25-57(52)67(59)46-35-36-51-49-21-8-7-19-47(49)48-20-9-10-22-50(48)54(51)37-46/h1-39H. The van der Waals surface area contributed by atoms with Gasteiger partial charge in [0.25, 0.3) is 0 Å². The average molecular weight is 866 g/mol. The molecule has 68 heavy (non-hydrogen) atoms. The van der Waals surface area contributed by atoms with Gasteiger partial charge in [0.1, 0.15) is 0 Å². The molecular weight excluding hydrogens is 827 g/mol. The lowest BCUT2D eigenvalue weighted by Gasteiger charge is -2.14. The Kier molecular flexibility index (Phi) is 8.52. The van der Waals surface area contributed by atoms with Gasteiger partial charge in [-0.15, -0.1) is 0 Å². The molecule has 316 valence electrons. The first-order valence-electron chi connectivity index (χ1n) is 23.1. The van der Waals surface area contributed by atoms with Crippen molar-refractivity contribution in [1.82, 2.24) is 24.1 Å². The second-order valence-corrected chi connectivity index (χ2v) is 17.6. The van der Waals surface area contributed by atoms with Crippen LogP contribution >= 0.6 is 0 Å². The van der Waals surface area contributed by atoms with Crippen LogP contribution in [0.3, 0.4) is 0 Å². The zero-order valence-corrected chi connectivity index (χ0v) is 36.8. The van der Waals surface area contributed by atoms with E-state index >= 15 is 0 Å². The molecule has 0 saturated carbocycles. The van der Waals surface area contributed by atoms with Gasteiger partial charge in [-0.2, -0.15) is 9.97 Å². The number of para-hydroxylation sites is 2. The van der Waals surface area contributed by atoms with Crippen molar-refractivity contribution in [2.24, 2.45) is 0 Å². The van der Waals surface area contributed by atoms with Gasteiger partial charge in [0.2, 0.25) is 5.95 Å². The Hall–Kier alpha value is -9.19. The second kappa shape index (κ2) is 15.2. The van der Waals surface area contributed by atoms with E-state index in [-0.39, 0.29) is 0 Å². The second-order valence-electron chi connectivity index (χ2n) is 17.6. The Labute approximate surface area is 391 Å². The number of fused-ring (bicyclic) bond motifs is 12. The van der Waals surface area contributed by atoms with Gasteiger partial charge in [-0.3, -0.25) is 4.57 Å². The summed E-state index contributed by atoms with van der Waals surface area (Å²) in [6.45, 7) is 0. The minimum absolute atomic E-state index is 0.562. The molecule has 14 rings (SSSR count). The molecule has 0 N–H and O–H groups in total. The molecule has 11 aromatic carbocycles. The highest BCUT2D eigenvalue weighted by Gasteiger charge is 2.22. The molecule has 0 fully saturated rings. The Morgan fingerprint density at radius 2 is 0.588 bits per heavy atom. The normalized spacial score (nSPS) is 11.8. The van der Waals surface area contributed by atoms with Crippen LogP contribution in [0.1, 0.15) is 0 Å². The quantitative estimate of drug-likeness (QED) is 0.156. The molecule has 0 radical (unpaired) electrons. The fraction of sp³-hybridized carbons (Fsp3) is 0. The summed E-state index contributed by atoms with van der Waals surface area (Å²) in [5, 5.41) is 12.1. The maximum absolute atomic E-state index is 5.35. The molecule has 3 heterocycles. The smallest absolute Gasteiger partial charge is 0.238 e. The summed E-state index contributed by atoms with van der Waals surface area (Å²) in [5.74, 6) is 1.78. The van der Waals surface area contributed by atoms with Crippen molar-refractivity contribution in [3.8, 4) is 56.7 Å². The third-order valence-corrected chi connectivity index (χ3v) is 13.8. The molecule has 0 atom stereocenters. The van der Waals surface area contributed by atoms with Gasteiger partial charge in [0.15, 0.2) is 11.6 Å². The van der Waals surface area contributed by atoms with E-state index in [1.807, 2.05) is 12.1 Å². The van der Waals surface area contributed by atoms with Crippen molar-refractivity contribution in [1.29, 1.82) is 0 Å². The summed E-state index contributed by atoms with van der Waals surface area (Å²) in [7, 11) is 0. The lowest BCUT2D eigenvalue weighted by Crippen LogP contribution is -2.06. The van der Waals surface area contributed by atoms with E-state index in [1.54, 1.807) is 0 Å². The molecule has 0 saturated heterocycles. The number of aromatic nitrogens is 5. The molecule has 0 spiro atoms. The van der Waals surface area contributed by atoms with Gasteiger partial charge in [-0.05, 0) is 91.0 Å². The third-order valence-electron chi connectivity index (χ3n) is 13.8. The van der Waals surface area contributed by atoms with Gasteiger partial charge in [-0.25, -0.2) is 4.98 Å². The minimum Gasteiger partial charge on any atom is -0.309 e. The summed E-state index contributed by atoms with van der Waals surface area (Å²) < 4.78 is 4.67. The number of nitrogens with zero attached hydrogens (tertiary/aromatic N) is 5. The molecule has 0 aliphatic heterocycles. The van der Waals surface area contributed by atoms with Crippen LogP contribution in [-0.2, 0) is 0 Å². The summed E-state index contributed by atoms with van der Waals surface area (Å²) in [6, 6.07) is 84.6. The van der Waals surface area contributed by atoms with E-state index < -0.39 is 0 Å². The Morgan fingerprint density at radius 3 is 1.09 bits per heavy atom. The van der Waals surface area contributed by atoms with Crippen LogP contribution in [-0.4, -0.2) is 24.1 Å². The summed E-state index contributed by atoms with van der Waals surface area (Å²) in [5.41, 5.74) is 11.9.